The van der Waals surface area contributed by atoms with Crippen LogP contribution in [0.15, 0.2) is 71.8 Å². The molecule has 0 aliphatic heterocycles. The average Bonchev–Trinajstić information content (AvgIpc) is 2.80. The van der Waals surface area contributed by atoms with Crippen LogP contribution in [0.2, 0.25) is 0 Å². The summed E-state index contributed by atoms with van der Waals surface area (Å²) in [7, 11) is -2.59. The molecule has 0 saturated heterocycles. The second-order valence-electron chi connectivity index (χ2n) is 6.64. The maximum Gasteiger partial charge on any atom is 0.343 e. The van der Waals surface area contributed by atoms with Crippen molar-refractivity contribution >= 4 is 50.3 Å². The number of hydrogen-bond donors (Lipinski definition) is 0. The van der Waals surface area contributed by atoms with Crippen molar-refractivity contribution < 1.29 is 37.1 Å². The summed E-state index contributed by atoms with van der Waals surface area (Å²) in [6, 6.07) is 15.8. The van der Waals surface area contributed by atoms with E-state index in [1.54, 1.807) is 43.3 Å². The Balaban J connectivity index is 2.27. The molecule has 33 heavy (non-hydrogen) atoms. The maximum absolute atomic E-state index is 13.6. The van der Waals surface area contributed by atoms with Gasteiger partial charge in [0.25, 0.3) is 0 Å². The molecule has 1 aliphatic rings. The summed E-state index contributed by atoms with van der Waals surface area (Å²) in [5.74, 6) is -3.96. The lowest BCUT2D eigenvalue weighted by Gasteiger charge is -2.22. The fraction of sp³-hybridized carbons (Fsp3) is 0.125. The molecule has 0 unspecified atom stereocenters. The molecule has 1 aliphatic carbocycles. The Bertz CT molecular complexity index is 1310. The van der Waals surface area contributed by atoms with E-state index in [9.17, 15) is 27.6 Å². The van der Waals surface area contributed by atoms with Crippen LogP contribution < -0.4 is 0 Å². The van der Waals surface area contributed by atoms with Crippen LogP contribution in [0.5, 0.6) is 0 Å². The lowest BCUT2D eigenvalue weighted by molar-refractivity contribution is -0.141. The van der Waals surface area contributed by atoms with Crippen molar-refractivity contribution in [3.8, 4) is 0 Å². The summed E-state index contributed by atoms with van der Waals surface area (Å²) in [6.45, 7) is 0.896. The maximum atomic E-state index is 13.6. The minimum absolute atomic E-state index is 0.0344. The van der Waals surface area contributed by atoms with Crippen LogP contribution in [0.1, 0.15) is 18.1 Å². The van der Waals surface area contributed by atoms with Gasteiger partial charge in [0.05, 0.1) is 12.0 Å². The van der Waals surface area contributed by atoms with Crippen LogP contribution in [-0.2, 0) is 38.9 Å². The molecule has 0 aromatic heterocycles. The zero-order valence-electron chi connectivity index (χ0n) is 17.4. The normalized spacial score (nSPS) is 13.6. The number of allylic oxidation sites excluding steroid dienone is 2. The van der Waals surface area contributed by atoms with Gasteiger partial charge in [0, 0.05) is 11.1 Å². The molecule has 2 aromatic rings. The summed E-state index contributed by atoms with van der Waals surface area (Å²) in [5, 5.41) is 0.688. The Morgan fingerprint density at radius 1 is 0.758 bits per heavy atom. The number of esters is 2. The molecule has 0 bridgehead atoms. The number of Topliss-reactive ketones (excluding diaryl/α,β-unsaturated/α-hetero) is 2. The number of ketones is 2. The summed E-state index contributed by atoms with van der Waals surface area (Å²) in [5.41, 5.74) is -1.24. The molecule has 168 valence electrons. The predicted octanol–water partition coefficient (Wildman–Crippen LogP) is 1.83. The lowest BCUT2D eigenvalue weighted by Crippen LogP contribution is -2.31. The van der Waals surface area contributed by atoms with Crippen LogP contribution in [0.4, 0.5) is 0 Å². The Morgan fingerprint density at radius 2 is 1.18 bits per heavy atom. The van der Waals surface area contributed by atoms with Gasteiger partial charge in [-0.15, -0.1) is 0 Å². The highest BCUT2D eigenvalue weighted by Gasteiger charge is 2.42. The van der Waals surface area contributed by atoms with Crippen molar-refractivity contribution in [2.24, 2.45) is 0 Å². The number of carbonyl (C=O) groups excluding carboxylic acids is 4. The van der Waals surface area contributed by atoms with Crippen LogP contribution in [0.3, 0.4) is 0 Å². The predicted molar refractivity (Wildman–Crippen MR) is 119 cm³/mol. The van der Waals surface area contributed by atoms with Gasteiger partial charge in [-0.3, -0.25) is 9.59 Å². The molecule has 0 saturated carbocycles. The van der Waals surface area contributed by atoms with Crippen molar-refractivity contribution in [2.75, 3.05) is 13.2 Å². The standard InChI is InChI=1S/C24H18O8S/c1-2-31-23(27)19-17(15-9-5-3-6-10-15)22(26)20(24(28)32-13-14-33(29)30)18(21(19)25)16-11-7-4-8-12-16/h3-12,14H,2,13H2,1H3. The van der Waals surface area contributed by atoms with Gasteiger partial charge in [-0.25, -0.2) is 9.59 Å². The van der Waals surface area contributed by atoms with Gasteiger partial charge in [0.1, 0.15) is 17.8 Å². The van der Waals surface area contributed by atoms with Gasteiger partial charge < -0.3 is 9.47 Å². The molecule has 3 rings (SSSR count). The molecule has 0 amide bonds. The fourth-order valence-corrected chi connectivity index (χ4v) is 3.47. The van der Waals surface area contributed by atoms with Crippen LogP contribution >= 0.6 is 0 Å². The minimum Gasteiger partial charge on any atom is -0.462 e. The zero-order chi connectivity index (χ0) is 24.0. The largest absolute Gasteiger partial charge is 0.462 e. The summed E-state index contributed by atoms with van der Waals surface area (Å²) in [4.78, 5) is 52.8. The smallest absolute Gasteiger partial charge is 0.343 e. The van der Waals surface area contributed by atoms with Gasteiger partial charge in [0.2, 0.25) is 21.9 Å². The molecule has 0 atom stereocenters. The third-order valence-electron chi connectivity index (χ3n) is 4.64. The number of rotatable bonds is 7. The fourth-order valence-electron chi connectivity index (χ4n) is 3.29. The monoisotopic (exact) mass is 466 g/mol. The van der Waals surface area contributed by atoms with E-state index in [-0.39, 0.29) is 28.9 Å². The Morgan fingerprint density at radius 3 is 1.58 bits per heavy atom. The molecule has 9 heteroatoms. The number of hydrogen-bond acceptors (Lipinski definition) is 8. The Labute approximate surface area is 190 Å². The highest BCUT2D eigenvalue weighted by molar-refractivity contribution is 7.71. The van der Waals surface area contributed by atoms with Crippen LogP contribution in [0.25, 0.3) is 11.1 Å². The molecule has 0 N–H and O–H groups in total. The second kappa shape index (κ2) is 10.5. The molecule has 0 radical (unpaired) electrons. The highest BCUT2D eigenvalue weighted by atomic mass is 32.2. The van der Waals surface area contributed by atoms with E-state index in [0.717, 1.165) is 0 Å². The van der Waals surface area contributed by atoms with Gasteiger partial charge >= 0.3 is 11.9 Å². The first-order valence-electron chi connectivity index (χ1n) is 9.81. The van der Waals surface area contributed by atoms with E-state index in [1.807, 2.05) is 0 Å². The first-order chi connectivity index (χ1) is 15.9. The van der Waals surface area contributed by atoms with Crippen molar-refractivity contribution in [1.82, 2.24) is 0 Å². The second-order valence-corrected chi connectivity index (χ2v) is 7.49. The van der Waals surface area contributed by atoms with E-state index >= 15 is 0 Å². The first-order valence-corrected chi connectivity index (χ1v) is 10.9. The van der Waals surface area contributed by atoms with Crippen molar-refractivity contribution in [3.05, 3.63) is 82.9 Å². The molecule has 0 fully saturated rings. The SMILES string of the molecule is CCOC(=O)C1=C(c2ccccc2)C(=O)C(C(=O)OCC=S(=O)=O)=C(c2ccccc2)C1=O. The number of ether oxygens (including phenoxy) is 2. The van der Waals surface area contributed by atoms with E-state index < -0.39 is 51.6 Å². The quantitative estimate of drug-likeness (QED) is 0.262. The zero-order valence-corrected chi connectivity index (χ0v) is 18.3. The van der Waals surface area contributed by atoms with Crippen LogP contribution in [-0.4, -0.2) is 50.5 Å². The lowest BCUT2D eigenvalue weighted by atomic mass is 9.78. The van der Waals surface area contributed by atoms with E-state index in [2.05, 4.69) is 0 Å². The molecular formula is C24H18O8S. The minimum atomic E-state index is -2.59. The van der Waals surface area contributed by atoms with Crippen molar-refractivity contribution in [3.63, 3.8) is 0 Å². The molecule has 8 nitrogen and oxygen atoms in total. The molecule has 2 aromatic carbocycles. The summed E-state index contributed by atoms with van der Waals surface area (Å²) in [6.07, 6.45) is 0. The Kier molecular flexibility index (Phi) is 7.47. The van der Waals surface area contributed by atoms with Crippen LogP contribution in [0, 0.1) is 0 Å². The van der Waals surface area contributed by atoms with E-state index in [1.165, 1.54) is 24.3 Å². The van der Waals surface area contributed by atoms with E-state index in [4.69, 9.17) is 9.47 Å². The van der Waals surface area contributed by atoms with Crippen molar-refractivity contribution in [1.29, 1.82) is 0 Å². The third-order valence-corrected chi connectivity index (χ3v) is 5.04. The van der Waals surface area contributed by atoms with Gasteiger partial charge in [-0.2, -0.15) is 8.42 Å². The number of carbonyl (C=O) groups is 4. The molecule has 0 spiro atoms. The van der Waals surface area contributed by atoms with Gasteiger partial charge in [-0.05, 0) is 18.1 Å². The Hall–Kier alpha value is -4.11. The summed E-state index contributed by atoms with van der Waals surface area (Å²) < 4.78 is 31.4. The van der Waals surface area contributed by atoms with Gasteiger partial charge in [0.15, 0.2) is 0 Å². The van der Waals surface area contributed by atoms with E-state index in [0.29, 0.717) is 5.37 Å². The first kappa shape index (κ1) is 23.6. The third kappa shape index (κ3) is 5.04. The summed E-state index contributed by atoms with van der Waals surface area (Å²) >= 11 is 0. The average molecular weight is 466 g/mol. The van der Waals surface area contributed by atoms with Crippen molar-refractivity contribution in [2.45, 2.75) is 6.92 Å². The van der Waals surface area contributed by atoms with Gasteiger partial charge in [-0.1, -0.05) is 60.7 Å². The molecule has 0 heterocycles. The highest BCUT2D eigenvalue weighted by Crippen LogP contribution is 2.37. The topological polar surface area (TPSA) is 121 Å². The number of benzene rings is 2. The molecular weight excluding hydrogens is 448 g/mol.